The average Bonchev–Trinajstić information content (AvgIpc) is 3.06. The molecule has 156 valence electrons. The van der Waals surface area contributed by atoms with Gasteiger partial charge in [0.05, 0.1) is 21.7 Å². The maximum Gasteiger partial charge on any atom is 0.265 e. The number of aromatic nitrogens is 5. The molecule has 0 spiro atoms. The number of benzene rings is 2. The monoisotopic (exact) mass is 451 g/mol. The third-order valence-corrected chi connectivity index (χ3v) is 6.22. The number of hydrogen-bond donors (Lipinski definition) is 0. The van der Waals surface area contributed by atoms with E-state index in [1.807, 2.05) is 45.0 Å². The number of nitrogens with zero attached hydrogens (tertiary/aromatic N) is 5. The summed E-state index contributed by atoms with van der Waals surface area (Å²) in [4.78, 5) is 28.1. The largest absolute Gasteiger partial charge is 0.293 e. The van der Waals surface area contributed by atoms with Gasteiger partial charge in [-0.05, 0) is 50.6 Å². The Kier molecular flexibility index (Phi) is 4.72. The highest BCUT2D eigenvalue weighted by atomic mass is 35.5. The molecule has 0 N–H and O–H groups in total. The van der Waals surface area contributed by atoms with Crippen molar-refractivity contribution in [3.05, 3.63) is 68.7 Å². The SMILES string of the molecule is CC[C@@H](C)n1c(C)nc2c(c1=O)c1nc3ccccc3nc1n2-c1cc(Cl)ccc1Cl. The number of hydrogen-bond acceptors (Lipinski definition) is 4. The highest BCUT2D eigenvalue weighted by Crippen LogP contribution is 2.33. The molecule has 0 aliphatic heterocycles. The summed E-state index contributed by atoms with van der Waals surface area (Å²) in [7, 11) is 0. The van der Waals surface area contributed by atoms with Crippen LogP contribution in [0.25, 0.3) is 38.9 Å². The van der Waals surface area contributed by atoms with Gasteiger partial charge in [-0.25, -0.2) is 15.0 Å². The molecule has 2 aromatic carbocycles. The minimum atomic E-state index is -0.136. The lowest BCUT2D eigenvalue weighted by molar-refractivity contribution is 0.497. The van der Waals surface area contributed by atoms with E-state index >= 15 is 0 Å². The Balaban J connectivity index is 2.05. The Bertz CT molecular complexity index is 1550. The van der Waals surface area contributed by atoms with E-state index in [9.17, 15) is 4.79 Å². The van der Waals surface area contributed by atoms with Crippen LogP contribution in [0.2, 0.25) is 10.0 Å². The molecule has 0 radical (unpaired) electrons. The van der Waals surface area contributed by atoms with Gasteiger partial charge in [-0.15, -0.1) is 0 Å². The van der Waals surface area contributed by atoms with Crippen LogP contribution < -0.4 is 5.56 Å². The first kappa shape index (κ1) is 20.0. The standard InChI is InChI=1S/C23H19Cl2N5O/c1-4-12(2)29-13(3)26-21-19(23(29)31)20-22(28-17-8-6-5-7-16(17)27-20)30(21)18-11-14(24)9-10-15(18)25/h5-12H,4H2,1-3H3/t12-/m1/s1. The maximum atomic E-state index is 13.7. The van der Waals surface area contributed by atoms with Crippen LogP contribution in [0.3, 0.4) is 0 Å². The fourth-order valence-corrected chi connectivity index (χ4v) is 4.37. The summed E-state index contributed by atoms with van der Waals surface area (Å²) in [6.45, 7) is 5.89. The fraction of sp³-hybridized carbons (Fsp3) is 0.217. The molecule has 0 amide bonds. The van der Waals surface area contributed by atoms with Crippen LogP contribution in [-0.4, -0.2) is 24.1 Å². The smallest absolute Gasteiger partial charge is 0.265 e. The number of aryl methyl sites for hydroxylation is 1. The first-order valence-corrected chi connectivity index (χ1v) is 10.8. The van der Waals surface area contributed by atoms with Crippen LogP contribution in [0.1, 0.15) is 32.1 Å². The molecule has 0 aliphatic rings. The zero-order valence-electron chi connectivity index (χ0n) is 17.2. The molecular weight excluding hydrogens is 433 g/mol. The normalized spacial score (nSPS) is 12.8. The van der Waals surface area contributed by atoms with Crippen LogP contribution in [0.4, 0.5) is 0 Å². The average molecular weight is 452 g/mol. The number of para-hydroxylation sites is 2. The van der Waals surface area contributed by atoms with E-state index in [4.69, 9.17) is 38.2 Å². The summed E-state index contributed by atoms with van der Waals surface area (Å²) >= 11 is 12.8. The minimum Gasteiger partial charge on any atom is -0.293 e. The zero-order chi connectivity index (χ0) is 21.9. The van der Waals surface area contributed by atoms with Crippen molar-refractivity contribution >= 4 is 56.4 Å². The molecule has 0 saturated heterocycles. The lowest BCUT2D eigenvalue weighted by atomic mass is 10.2. The van der Waals surface area contributed by atoms with Crippen molar-refractivity contribution < 1.29 is 0 Å². The van der Waals surface area contributed by atoms with Gasteiger partial charge in [0.2, 0.25) is 0 Å². The van der Waals surface area contributed by atoms with Crippen molar-refractivity contribution in [3.63, 3.8) is 0 Å². The molecule has 6 nitrogen and oxygen atoms in total. The van der Waals surface area contributed by atoms with Gasteiger partial charge in [-0.1, -0.05) is 42.3 Å². The van der Waals surface area contributed by atoms with Crippen LogP contribution in [0, 0.1) is 6.92 Å². The topological polar surface area (TPSA) is 65.6 Å². The molecule has 0 aliphatic carbocycles. The Labute approximate surface area is 188 Å². The van der Waals surface area contributed by atoms with Crippen LogP contribution in [0.15, 0.2) is 47.3 Å². The van der Waals surface area contributed by atoms with Crippen molar-refractivity contribution in [1.29, 1.82) is 0 Å². The van der Waals surface area contributed by atoms with Crippen molar-refractivity contribution in [2.24, 2.45) is 0 Å². The molecule has 8 heteroatoms. The van der Waals surface area contributed by atoms with Gasteiger partial charge < -0.3 is 0 Å². The van der Waals surface area contributed by atoms with Crippen molar-refractivity contribution in [3.8, 4) is 5.69 Å². The second-order valence-electron chi connectivity index (χ2n) is 7.61. The number of fused-ring (bicyclic) bond motifs is 4. The van der Waals surface area contributed by atoms with Crippen molar-refractivity contribution in [1.82, 2.24) is 24.1 Å². The van der Waals surface area contributed by atoms with Crippen LogP contribution in [0.5, 0.6) is 0 Å². The zero-order valence-corrected chi connectivity index (χ0v) is 18.7. The molecular formula is C23H19Cl2N5O. The summed E-state index contributed by atoms with van der Waals surface area (Å²) < 4.78 is 3.51. The summed E-state index contributed by atoms with van der Waals surface area (Å²) in [5.41, 5.74) is 3.38. The summed E-state index contributed by atoms with van der Waals surface area (Å²) in [5, 5.41) is 1.42. The van der Waals surface area contributed by atoms with Gasteiger partial charge in [-0.3, -0.25) is 13.9 Å². The van der Waals surface area contributed by atoms with E-state index in [0.717, 1.165) is 11.9 Å². The lowest BCUT2D eigenvalue weighted by Crippen LogP contribution is -2.26. The lowest BCUT2D eigenvalue weighted by Gasteiger charge is -2.16. The van der Waals surface area contributed by atoms with E-state index < -0.39 is 0 Å². The molecule has 0 bridgehead atoms. The first-order chi connectivity index (χ1) is 14.9. The molecule has 1 atom stereocenters. The van der Waals surface area contributed by atoms with Gasteiger partial charge in [-0.2, -0.15) is 0 Å². The Morgan fingerprint density at radius 3 is 2.42 bits per heavy atom. The van der Waals surface area contributed by atoms with Crippen molar-refractivity contribution in [2.45, 2.75) is 33.2 Å². The van der Waals surface area contributed by atoms with E-state index in [1.54, 1.807) is 27.3 Å². The maximum absolute atomic E-state index is 13.7. The molecule has 0 fully saturated rings. The Morgan fingerprint density at radius 1 is 1.00 bits per heavy atom. The molecule has 5 aromatic rings. The molecule has 31 heavy (non-hydrogen) atoms. The minimum absolute atomic E-state index is 0.00553. The van der Waals surface area contributed by atoms with Gasteiger partial charge in [0.1, 0.15) is 16.7 Å². The van der Waals surface area contributed by atoms with Crippen molar-refractivity contribution in [2.75, 3.05) is 0 Å². The second kappa shape index (κ2) is 7.32. The molecule has 0 unspecified atom stereocenters. The molecule has 0 saturated carbocycles. The predicted octanol–water partition coefficient (Wildman–Crippen LogP) is 5.87. The van der Waals surface area contributed by atoms with E-state index in [1.165, 1.54) is 0 Å². The molecule has 3 heterocycles. The Hall–Kier alpha value is -2.96. The number of rotatable bonds is 3. The van der Waals surface area contributed by atoms with E-state index in [-0.39, 0.29) is 11.6 Å². The van der Waals surface area contributed by atoms with E-state index in [0.29, 0.717) is 49.3 Å². The fourth-order valence-electron chi connectivity index (χ4n) is 4.00. The quantitative estimate of drug-likeness (QED) is 0.344. The third kappa shape index (κ3) is 3.01. The van der Waals surface area contributed by atoms with Crippen LogP contribution in [-0.2, 0) is 0 Å². The van der Waals surface area contributed by atoms with Gasteiger partial charge in [0.15, 0.2) is 11.3 Å². The number of halogens is 2. The highest BCUT2D eigenvalue weighted by molar-refractivity contribution is 6.34. The highest BCUT2D eigenvalue weighted by Gasteiger charge is 2.24. The molecule has 5 rings (SSSR count). The van der Waals surface area contributed by atoms with E-state index in [2.05, 4.69) is 0 Å². The predicted molar refractivity (Wildman–Crippen MR) is 126 cm³/mol. The van der Waals surface area contributed by atoms with Crippen LogP contribution >= 0.6 is 23.2 Å². The first-order valence-electron chi connectivity index (χ1n) is 10.1. The third-order valence-electron chi connectivity index (χ3n) is 5.67. The van der Waals surface area contributed by atoms with Gasteiger partial charge in [0, 0.05) is 11.1 Å². The Morgan fingerprint density at radius 2 is 1.71 bits per heavy atom. The van der Waals surface area contributed by atoms with Gasteiger partial charge >= 0.3 is 0 Å². The second-order valence-corrected chi connectivity index (χ2v) is 8.45. The summed E-state index contributed by atoms with van der Waals surface area (Å²) in [5.74, 6) is 0.624. The summed E-state index contributed by atoms with van der Waals surface area (Å²) in [6.07, 6.45) is 0.807. The summed E-state index contributed by atoms with van der Waals surface area (Å²) in [6, 6.07) is 12.8. The molecule has 3 aromatic heterocycles. The van der Waals surface area contributed by atoms with Gasteiger partial charge in [0.25, 0.3) is 5.56 Å².